The highest BCUT2D eigenvalue weighted by molar-refractivity contribution is 9.09. The fraction of sp³-hybridized carbons (Fsp3) is 0.125. The minimum Gasteiger partial charge on any atom is -0.368 e. The molecular formula is C8H8BrNO. The van der Waals surface area contributed by atoms with Gasteiger partial charge >= 0.3 is 0 Å². The van der Waals surface area contributed by atoms with Crippen LogP contribution in [-0.4, -0.2) is 5.91 Å². The van der Waals surface area contributed by atoms with Crippen molar-refractivity contribution in [1.82, 2.24) is 0 Å². The summed E-state index contributed by atoms with van der Waals surface area (Å²) in [5.41, 5.74) is 5.97. The summed E-state index contributed by atoms with van der Waals surface area (Å²) in [7, 11) is 0. The van der Waals surface area contributed by atoms with E-state index in [1.807, 2.05) is 30.3 Å². The van der Waals surface area contributed by atoms with Crippen LogP contribution in [0, 0.1) is 0 Å². The Labute approximate surface area is 73.5 Å². The normalized spacial score (nSPS) is 12.5. The number of rotatable bonds is 2. The Kier molecular flexibility index (Phi) is 2.65. The third-order valence-electron chi connectivity index (χ3n) is 1.34. The number of hydrogen-bond acceptors (Lipinski definition) is 1. The number of carbonyl (C=O) groups excluding carboxylic acids is 1. The Bertz CT molecular complexity index is 248. The van der Waals surface area contributed by atoms with Crippen molar-refractivity contribution >= 4 is 21.8 Å². The van der Waals surface area contributed by atoms with Gasteiger partial charge in [0.2, 0.25) is 5.91 Å². The lowest BCUT2D eigenvalue weighted by atomic mass is 10.1. The summed E-state index contributed by atoms with van der Waals surface area (Å²) in [5.74, 6) is -0.365. The molecule has 1 aromatic rings. The van der Waals surface area contributed by atoms with Gasteiger partial charge in [-0.3, -0.25) is 4.79 Å². The smallest absolute Gasteiger partial charge is 0.235 e. The lowest BCUT2D eigenvalue weighted by Gasteiger charge is -2.03. The number of primary amides is 1. The van der Waals surface area contributed by atoms with Crippen LogP contribution in [0.15, 0.2) is 30.3 Å². The van der Waals surface area contributed by atoms with Gasteiger partial charge in [-0.25, -0.2) is 0 Å². The predicted molar refractivity (Wildman–Crippen MR) is 47.3 cm³/mol. The second kappa shape index (κ2) is 3.53. The van der Waals surface area contributed by atoms with Gasteiger partial charge in [0.25, 0.3) is 0 Å². The van der Waals surface area contributed by atoms with E-state index in [-0.39, 0.29) is 10.7 Å². The van der Waals surface area contributed by atoms with Gasteiger partial charge in [0.05, 0.1) is 0 Å². The standard InChI is InChI=1S/C8H8BrNO/c9-7(8(10)11)6-4-2-1-3-5-6/h1-5,7H,(H2,10,11)/t7-/m1/s1. The molecule has 1 aromatic carbocycles. The quantitative estimate of drug-likeness (QED) is 0.746. The lowest BCUT2D eigenvalue weighted by molar-refractivity contribution is -0.117. The van der Waals surface area contributed by atoms with Crippen LogP contribution < -0.4 is 5.73 Å². The lowest BCUT2D eigenvalue weighted by Crippen LogP contribution is -2.16. The molecule has 11 heavy (non-hydrogen) atoms. The number of halogens is 1. The summed E-state index contributed by atoms with van der Waals surface area (Å²) in [5, 5.41) is 0. The van der Waals surface area contributed by atoms with Crippen LogP contribution in [0.25, 0.3) is 0 Å². The Balaban J connectivity index is 2.85. The second-order valence-corrected chi connectivity index (χ2v) is 3.09. The summed E-state index contributed by atoms with van der Waals surface area (Å²) < 4.78 is 0. The molecule has 0 bridgehead atoms. The maximum Gasteiger partial charge on any atom is 0.235 e. The molecule has 0 radical (unpaired) electrons. The van der Waals surface area contributed by atoms with Gasteiger partial charge in [0.1, 0.15) is 4.83 Å². The third-order valence-corrected chi connectivity index (χ3v) is 2.32. The van der Waals surface area contributed by atoms with Crippen molar-refractivity contribution in [2.75, 3.05) is 0 Å². The molecule has 0 aliphatic rings. The van der Waals surface area contributed by atoms with Gasteiger partial charge in [-0.2, -0.15) is 0 Å². The van der Waals surface area contributed by atoms with Gasteiger partial charge in [-0.1, -0.05) is 46.3 Å². The molecule has 0 aliphatic heterocycles. The Hall–Kier alpha value is -0.830. The van der Waals surface area contributed by atoms with E-state index < -0.39 is 0 Å². The monoisotopic (exact) mass is 213 g/mol. The fourth-order valence-corrected chi connectivity index (χ4v) is 1.09. The maximum absolute atomic E-state index is 10.7. The maximum atomic E-state index is 10.7. The topological polar surface area (TPSA) is 43.1 Å². The Morgan fingerprint density at radius 1 is 1.36 bits per heavy atom. The highest BCUT2D eigenvalue weighted by Crippen LogP contribution is 2.20. The van der Waals surface area contributed by atoms with Crippen LogP contribution in [-0.2, 0) is 4.79 Å². The zero-order valence-electron chi connectivity index (χ0n) is 5.83. The third kappa shape index (κ3) is 2.05. The fourth-order valence-electron chi connectivity index (χ4n) is 0.786. The van der Waals surface area contributed by atoms with Gasteiger partial charge in [-0.15, -0.1) is 0 Å². The minimum absolute atomic E-state index is 0.365. The molecule has 1 amide bonds. The zero-order valence-corrected chi connectivity index (χ0v) is 7.41. The number of benzene rings is 1. The molecule has 0 saturated heterocycles. The molecular weight excluding hydrogens is 206 g/mol. The van der Waals surface area contributed by atoms with E-state index in [1.165, 1.54) is 0 Å². The molecule has 0 aliphatic carbocycles. The van der Waals surface area contributed by atoms with Crippen LogP contribution in [0.5, 0.6) is 0 Å². The van der Waals surface area contributed by atoms with Crippen LogP contribution in [0.2, 0.25) is 0 Å². The van der Waals surface area contributed by atoms with Gasteiger partial charge in [0, 0.05) is 0 Å². The molecule has 0 saturated carbocycles. The highest BCUT2D eigenvalue weighted by atomic mass is 79.9. The number of alkyl halides is 1. The first kappa shape index (κ1) is 8.27. The molecule has 2 nitrogen and oxygen atoms in total. The molecule has 0 spiro atoms. The Morgan fingerprint density at radius 2 is 1.91 bits per heavy atom. The van der Waals surface area contributed by atoms with Crippen LogP contribution in [0.3, 0.4) is 0 Å². The molecule has 0 fully saturated rings. The van der Waals surface area contributed by atoms with E-state index in [2.05, 4.69) is 15.9 Å². The summed E-state index contributed by atoms with van der Waals surface area (Å²) >= 11 is 3.18. The van der Waals surface area contributed by atoms with E-state index in [0.717, 1.165) is 5.56 Å². The van der Waals surface area contributed by atoms with E-state index in [0.29, 0.717) is 0 Å². The summed E-state index contributed by atoms with van der Waals surface area (Å²) in [6, 6.07) is 9.33. The van der Waals surface area contributed by atoms with E-state index in [1.54, 1.807) is 0 Å². The van der Waals surface area contributed by atoms with E-state index in [4.69, 9.17) is 5.73 Å². The number of hydrogen-bond donors (Lipinski definition) is 1. The number of carbonyl (C=O) groups is 1. The van der Waals surface area contributed by atoms with Gasteiger partial charge in [0.15, 0.2) is 0 Å². The SMILES string of the molecule is NC(=O)[C@H](Br)c1ccccc1. The molecule has 2 N–H and O–H groups in total. The Morgan fingerprint density at radius 3 is 2.36 bits per heavy atom. The first-order chi connectivity index (χ1) is 5.22. The molecule has 3 heteroatoms. The van der Waals surface area contributed by atoms with Crippen molar-refractivity contribution in [3.63, 3.8) is 0 Å². The highest BCUT2D eigenvalue weighted by Gasteiger charge is 2.11. The van der Waals surface area contributed by atoms with Crippen molar-refractivity contribution in [1.29, 1.82) is 0 Å². The van der Waals surface area contributed by atoms with Crippen molar-refractivity contribution in [2.45, 2.75) is 4.83 Å². The summed E-state index contributed by atoms with van der Waals surface area (Å²) in [6.07, 6.45) is 0. The van der Waals surface area contributed by atoms with Gasteiger partial charge in [-0.05, 0) is 5.56 Å². The van der Waals surface area contributed by atoms with Crippen molar-refractivity contribution in [3.8, 4) is 0 Å². The van der Waals surface area contributed by atoms with E-state index in [9.17, 15) is 4.79 Å². The average Bonchev–Trinajstić information content (AvgIpc) is 2.05. The number of nitrogens with two attached hydrogens (primary N) is 1. The van der Waals surface area contributed by atoms with Crippen LogP contribution in [0.1, 0.15) is 10.4 Å². The molecule has 0 aromatic heterocycles. The second-order valence-electron chi connectivity index (χ2n) is 2.18. The molecule has 1 atom stereocenters. The summed E-state index contributed by atoms with van der Waals surface area (Å²) in [6.45, 7) is 0. The van der Waals surface area contributed by atoms with E-state index >= 15 is 0 Å². The van der Waals surface area contributed by atoms with Crippen LogP contribution >= 0.6 is 15.9 Å². The van der Waals surface area contributed by atoms with Crippen molar-refractivity contribution in [3.05, 3.63) is 35.9 Å². The van der Waals surface area contributed by atoms with Crippen molar-refractivity contribution < 1.29 is 4.79 Å². The van der Waals surface area contributed by atoms with Gasteiger partial charge < -0.3 is 5.73 Å². The number of amides is 1. The van der Waals surface area contributed by atoms with Crippen molar-refractivity contribution in [2.24, 2.45) is 5.73 Å². The average molecular weight is 214 g/mol. The largest absolute Gasteiger partial charge is 0.368 e. The summed E-state index contributed by atoms with van der Waals surface area (Å²) in [4.78, 5) is 10.3. The molecule has 58 valence electrons. The van der Waals surface area contributed by atoms with Crippen LogP contribution in [0.4, 0.5) is 0 Å². The first-order valence-electron chi connectivity index (χ1n) is 3.20. The molecule has 0 unspecified atom stereocenters. The molecule has 0 heterocycles. The molecule has 1 rings (SSSR count). The predicted octanol–water partition coefficient (Wildman–Crippen LogP) is 1.61. The first-order valence-corrected chi connectivity index (χ1v) is 4.11. The zero-order chi connectivity index (χ0) is 8.27. The minimum atomic E-state index is -0.372.